The topological polar surface area (TPSA) is 286 Å². The van der Waals surface area contributed by atoms with Crippen LogP contribution in [0.2, 0.25) is 0 Å². The van der Waals surface area contributed by atoms with E-state index in [1.165, 1.54) is 6.92 Å². The van der Waals surface area contributed by atoms with Gasteiger partial charge in [-0.1, -0.05) is 0 Å². The maximum atomic E-state index is 13.5. The zero-order valence-corrected chi connectivity index (χ0v) is 47.0. The fraction of sp³-hybridized carbons (Fsp3) is 0.873. The van der Waals surface area contributed by atoms with E-state index in [1.807, 2.05) is 0 Å². The van der Waals surface area contributed by atoms with Crippen molar-refractivity contribution in [3.05, 3.63) is 0 Å². The first-order chi connectivity index (χ1) is 38.6. The molecule has 25 heteroatoms. The number of ketones is 1. The maximum absolute atomic E-state index is 13.5. The summed E-state index contributed by atoms with van der Waals surface area (Å²) in [5.74, 6) is -5.16. The molecule has 0 aromatic carbocycles. The minimum atomic E-state index is -0.769. The lowest BCUT2D eigenvalue weighted by atomic mass is 9.91. The molecular weight excluding hydrogens is 1060 g/mol. The lowest BCUT2D eigenvalue weighted by Crippen LogP contribution is -2.35. The molecule has 0 bridgehead atoms. The monoisotopic (exact) mass is 1140 g/mol. The van der Waals surface area contributed by atoms with Crippen LogP contribution in [-0.2, 0) is 119 Å². The second kappa shape index (κ2) is 29.5. The van der Waals surface area contributed by atoms with Crippen LogP contribution in [0.4, 0.5) is 0 Å². The Balaban J connectivity index is 0.807. The van der Waals surface area contributed by atoms with Crippen LogP contribution in [0.5, 0.6) is 0 Å². The van der Waals surface area contributed by atoms with Gasteiger partial charge >= 0.3 is 35.8 Å². The van der Waals surface area contributed by atoms with Crippen molar-refractivity contribution < 1.29 is 119 Å². The zero-order valence-electron chi connectivity index (χ0n) is 47.0. The van der Waals surface area contributed by atoms with Crippen molar-refractivity contribution in [2.75, 3.05) is 81.3 Å². The van der Waals surface area contributed by atoms with E-state index in [1.54, 1.807) is 42.3 Å². The first-order valence-corrected chi connectivity index (χ1v) is 28.3. The molecule has 452 valence electrons. The van der Waals surface area contributed by atoms with Crippen LogP contribution in [-0.4, -0.2) is 233 Å². The molecule has 8 saturated heterocycles. The van der Waals surface area contributed by atoms with Crippen LogP contribution in [0, 0.1) is 17.8 Å². The van der Waals surface area contributed by atoms with E-state index in [0.29, 0.717) is 26.4 Å². The third-order valence-corrected chi connectivity index (χ3v) is 17.0. The third kappa shape index (κ3) is 15.8. The molecule has 8 fully saturated rings. The highest BCUT2D eigenvalue weighted by molar-refractivity contribution is 5.80. The molecule has 8 rings (SSSR count). The summed E-state index contributed by atoms with van der Waals surface area (Å²) in [7, 11) is 6.26. The van der Waals surface area contributed by atoms with Crippen molar-refractivity contribution in [3.63, 3.8) is 0 Å². The number of hydrogen-bond donors (Lipinski definition) is 0. The molecule has 8 heterocycles. The summed E-state index contributed by atoms with van der Waals surface area (Å²) >= 11 is 0. The van der Waals surface area contributed by atoms with Crippen LogP contribution >= 0.6 is 0 Å². The summed E-state index contributed by atoms with van der Waals surface area (Å²) < 4.78 is 103. The molecule has 0 radical (unpaired) electrons. The SMILES string of the molecule is CO[C@H]1CO[C@H]2[C@@H]1OC[C@H]2OC(=O)CCC(CCC(=O)O[C@@H]1CO[C@H]2[C@@H]1OC[C@@H]2OC)C(C)OC(=O)CCC(CCC(=O)OC(C)C(CCC(=O)O[C@@H]1CO[C@H]2[C@@H]1OC[C@@H]2OC)CCC(=O)O[C@@H]1CO[C@H]2[C@@H]1OC[C@@H]2OC)C(C)=O. The molecule has 0 aromatic heterocycles. The molecule has 8 aliphatic heterocycles. The predicted octanol–water partition coefficient (Wildman–Crippen LogP) is 1.87. The first-order valence-electron chi connectivity index (χ1n) is 28.3. The summed E-state index contributed by atoms with van der Waals surface area (Å²) in [5.41, 5.74) is 0. The van der Waals surface area contributed by atoms with Crippen molar-refractivity contribution in [2.24, 2.45) is 17.8 Å². The average Bonchev–Trinajstić information content (AvgIpc) is 4.32. The molecule has 0 aromatic rings. The van der Waals surface area contributed by atoms with E-state index >= 15 is 0 Å². The average molecular weight is 1140 g/mol. The van der Waals surface area contributed by atoms with Crippen molar-refractivity contribution in [1.82, 2.24) is 0 Å². The number of Topliss-reactive ketones (excluding diaryl/α,β-unsaturated/α-hetero) is 1. The van der Waals surface area contributed by atoms with Crippen LogP contribution < -0.4 is 0 Å². The van der Waals surface area contributed by atoms with Gasteiger partial charge in [0.25, 0.3) is 0 Å². The van der Waals surface area contributed by atoms with Gasteiger partial charge in [0.2, 0.25) is 0 Å². The van der Waals surface area contributed by atoms with Crippen molar-refractivity contribution in [1.29, 1.82) is 0 Å². The minimum Gasteiger partial charge on any atom is -0.462 e. The van der Waals surface area contributed by atoms with Gasteiger partial charge in [0.1, 0.15) is 91.2 Å². The van der Waals surface area contributed by atoms with Gasteiger partial charge in [-0.05, 0) is 71.1 Å². The fourth-order valence-corrected chi connectivity index (χ4v) is 12.1. The van der Waals surface area contributed by atoms with E-state index in [9.17, 15) is 33.6 Å². The molecule has 25 nitrogen and oxygen atoms in total. The van der Waals surface area contributed by atoms with Gasteiger partial charge in [-0.2, -0.15) is 0 Å². The Morgan fingerprint density at radius 2 is 0.550 bits per heavy atom. The maximum Gasteiger partial charge on any atom is 0.306 e. The molecule has 0 saturated carbocycles. The second-order valence-electron chi connectivity index (χ2n) is 22.0. The van der Waals surface area contributed by atoms with Gasteiger partial charge in [-0.25, -0.2) is 0 Å². The van der Waals surface area contributed by atoms with Crippen LogP contribution in [0.15, 0.2) is 0 Å². The summed E-state index contributed by atoms with van der Waals surface area (Å²) in [6, 6.07) is 0. The van der Waals surface area contributed by atoms with Crippen molar-refractivity contribution in [3.8, 4) is 0 Å². The highest BCUT2D eigenvalue weighted by Crippen LogP contribution is 2.35. The molecule has 80 heavy (non-hydrogen) atoms. The summed E-state index contributed by atoms with van der Waals surface area (Å²) in [4.78, 5) is 92.8. The summed E-state index contributed by atoms with van der Waals surface area (Å²) in [5, 5.41) is 0. The quantitative estimate of drug-likeness (QED) is 0.0707. The van der Waals surface area contributed by atoms with Crippen molar-refractivity contribution >= 4 is 41.6 Å². The van der Waals surface area contributed by atoms with Gasteiger partial charge in [0.05, 0.1) is 52.9 Å². The Morgan fingerprint density at radius 3 is 0.775 bits per heavy atom. The number of carbonyl (C=O) groups excluding carboxylic acids is 7. The fourth-order valence-electron chi connectivity index (χ4n) is 12.1. The lowest BCUT2D eigenvalue weighted by molar-refractivity contribution is -0.158. The minimum absolute atomic E-state index is 0.0533. The van der Waals surface area contributed by atoms with E-state index in [-0.39, 0.29) is 158 Å². The lowest BCUT2D eigenvalue weighted by Gasteiger charge is -2.25. The van der Waals surface area contributed by atoms with Gasteiger partial charge in [0, 0.05) is 72.9 Å². The molecule has 18 atom stereocenters. The number of rotatable bonds is 31. The van der Waals surface area contributed by atoms with E-state index in [4.69, 9.17) is 85.3 Å². The van der Waals surface area contributed by atoms with Crippen molar-refractivity contribution in [2.45, 2.75) is 208 Å². The third-order valence-electron chi connectivity index (χ3n) is 17.0. The Morgan fingerprint density at radius 1 is 0.338 bits per heavy atom. The second-order valence-corrected chi connectivity index (χ2v) is 22.0. The number of methoxy groups -OCH3 is 4. The molecule has 8 aliphatic rings. The standard InChI is InChI=1S/C55H82O25/c1-28(56)31(8-14-42(57)75-29(2)32(10-16-44(59)77-38-24-71-48-34(63-4)20-67-52(38)48)11-17-45(60)78-39-25-72-49-35(64-5)21-68-53(39)49)9-15-43(58)76-30(3)33(12-18-46(61)79-40-26-73-50-36(65-6)22-69-54(40)50)13-19-47(62)80-41-27-74-51-37(66-7)23-70-55(41)51/h29-41,48-55H,8-27H2,1-7H3/t29?,30?,31?,34-,35-,36-,37-,38+,39+,40+,41+,48+,49+,50+,51+,52+,53+,54+,55+/m0/s1. The van der Waals surface area contributed by atoms with Gasteiger partial charge in [-0.15, -0.1) is 0 Å². The van der Waals surface area contributed by atoms with Crippen LogP contribution in [0.1, 0.15) is 97.8 Å². The molecule has 0 aliphatic carbocycles. The van der Waals surface area contributed by atoms with Gasteiger partial charge in [-0.3, -0.25) is 33.6 Å². The molecule has 0 N–H and O–H groups in total. The Labute approximate surface area is 466 Å². The molecule has 2 unspecified atom stereocenters. The number of esters is 6. The van der Waals surface area contributed by atoms with E-state index in [2.05, 4.69) is 0 Å². The number of carbonyl (C=O) groups is 7. The number of ether oxygens (including phenoxy) is 18. The highest BCUT2D eigenvalue weighted by Gasteiger charge is 2.53. The predicted molar refractivity (Wildman–Crippen MR) is 268 cm³/mol. The largest absolute Gasteiger partial charge is 0.462 e. The zero-order chi connectivity index (χ0) is 57.0. The summed E-state index contributed by atoms with van der Waals surface area (Å²) in [6.07, 6.45) is -7.90. The molecule has 0 spiro atoms. The van der Waals surface area contributed by atoms with Gasteiger partial charge in [0.15, 0.2) is 24.4 Å². The Kier molecular flexibility index (Phi) is 22.9. The summed E-state index contributed by atoms with van der Waals surface area (Å²) in [6.45, 7) is 6.64. The first kappa shape index (κ1) is 62.1. The Bertz CT molecular complexity index is 1850. The van der Waals surface area contributed by atoms with E-state index < -0.39 is 115 Å². The van der Waals surface area contributed by atoms with Crippen LogP contribution in [0.25, 0.3) is 0 Å². The van der Waals surface area contributed by atoms with Crippen LogP contribution in [0.3, 0.4) is 0 Å². The highest BCUT2D eigenvalue weighted by atomic mass is 16.7. The van der Waals surface area contributed by atoms with Gasteiger partial charge < -0.3 is 85.3 Å². The molecular formula is C55H82O25. The number of hydrogen-bond acceptors (Lipinski definition) is 25. The smallest absolute Gasteiger partial charge is 0.306 e. The Hall–Kier alpha value is -3.99. The normalized spacial score (nSPS) is 34.5. The number of fused-ring (bicyclic) bond motifs is 4. The molecule has 0 amide bonds. The van der Waals surface area contributed by atoms with E-state index in [0.717, 1.165) is 0 Å².